The predicted molar refractivity (Wildman–Crippen MR) is 68.9 cm³/mol. The van der Waals surface area contributed by atoms with Crippen molar-refractivity contribution in [3.63, 3.8) is 0 Å². The van der Waals surface area contributed by atoms with Crippen LogP contribution in [0.4, 0.5) is 0 Å². The van der Waals surface area contributed by atoms with E-state index in [0.29, 0.717) is 6.42 Å². The molecule has 0 atom stereocenters. The fourth-order valence-electron chi connectivity index (χ4n) is 2.50. The number of guanidine groups is 1. The molecular weight excluding hydrogens is 214 g/mol. The summed E-state index contributed by atoms with van der Waals surface area (Å²) in [6, 6.07) is 0. The van der Waals surface area contributed by atoms with Gasteiger partial charge in [0.25, 0.3) is 0 Å². The number of nitrogens with zero attached hydrogens (tertiary/aromatic N) is 3. The Morgan fingerprint density at radius 2 is 2.06 bits per heavy atom. The maximum Gasteiger partial charge on any atom is 0.229 e. The average Bonchev–Trinajstić information content (AvgIpc) is 2.79. The first-order valence-corrected chi connectivity index (χ1v) is 6.82. The monoisotopic (exact) mass is 237 g/mol. The third-order valence-corrected chi connectivity index (χ3v) is 3.65. The molecule has 0 aromatic carbocycles. The highest BCUT2D eigenvalue weighted by Gasteiger charge is 2.29. The molecule has 0 aromatic heterocycles. The highest BCUT2D eigenvalue weighted by molar-refractivity contribution is 5.98. The predicted octanol–water partition coefficient (Wildman–Crippen LogP) is 1.72. The minimum Gasteiger partial charge on any atom is -0.342 e. The summed E-state index contributed by atoms with van der Waals surface area (Å²) >= 11 is 0. The summed E-state index contributed by atoms with van der Waals surface area (Å²) in [7, 11) is 0. The van der Waals surface area contributed by atoms with Crippen molar-refractivity contribution in [1.82, 2.24) is 9.80 Å². The van der Waals surface area contributed by atoms with E-state index in [1.165, 1.54) is 12.8 Å². The van der Waals surface area contributed by atoms with E-state index in [2.05, 4.69) is 16.8 Å². The molecule has 0 bridgehead atoms. The van der Waals surface area contributed by atoms with E-state index < -0.39 is 0 Å². The van der Waals surface area contributed by atoms with E-state index in [9.17, 15) is 4.79 Å². The van der Waals surface area contributed by atoms with Crippen LogP contribution in [-0.4, -0.2) is 47.8 Å². The van der Waals surface area contributed by atoms with Gasteiger partial charge >= 0.3 is 0 Å². The Kier molecular flexibility index (Phi) is 4.02. The number of carbonyl (C=O) groups is 1. The van der Waals surface area contributed by atoms with Crippen molar-refractivity contribution in [2.45, 2.75) is 39.5 Å². The zero-order chi connectivity index (χ0) is 12.3. The number of carbonyl (C=O) groups excluding carboxylic acids is 1. The van der Waals surface area contributed by atoms with Gasteiger partial charge in [-0.1, -0.05) is 13.8 Å². The normalized spacial score (nSPS) is 21.9. The fourth-order valence-corrected chi connectivity index (χ4v) is 2.50. The van der Waals surface area contributed by atoms with Gasteiger partial charge in [0.05, 0.1) is 6.54 Å². The molecule has 0 aromatic rings. The van der Waals surface area contributed by atoms with Crippen molar-refractivity contribution in [3.8, 4) is 0 Å². The van der Waals surface area contributed by atoms with Crippen LogP contribution < -0.4 is 0 Å². The largest absolute Gasteiger partial charge is 0.342 e. The van der Waals surface area contributed by atoms with Gasteiger partial charge in [-0.3, -0.25) is 14.7 Å². The molecule has 0 unspecified atom stereocenters. The summed E-state index contributed by atoms with van der Waals surface area (Å²) in [6.45, 7) is 8.00. The SMILES string of the molecule is CCCC(=O)N1CCN=C1N1CCC(C)CC1. The molecule has 96 valence electrons. The quantitative estimate of drug-likeness (QED) is 0.733. The molecule has 0 spiro atoms. The van der Waals surface area contributed by atoms with Gasteiger partial charge in [0.2, 0.25) is 11.9 Å². The second-order valence-electron chi connectivity index (χ2n) is 5.15. The molecule has 1 amide bonds. The van der Waals surface area contributed by atoms with Crippen LogP contribution in [0.3, 0.4) is 0 Å². The topological polar surface area (TPSA) is 35.9 Å². The molecule has 0 radical (unpaired) electrons. The van der Waals surface area contributed by atoms with Gasteiger partial charge in [-0.05, 0) is 25.2 Å². The first kappa shape index (κ1) is 12.4. The second-order valence-corrected chi connectivity index (χ2v) is 5.15. The molecule has 2 aliphatic rings. The lowest BCUT2D eigenvalue weighted by Gasteiger charge is -2.34. The van der Waals surface area contributed by atoms with Crippen molar-refractivity contribution >= 4 is 11.9 Å². The summed E-state index contributed by atoms with van der Waals surface area (Å²) in [6.07, 6.45) is 3.99. The van der Waals surface area contributed by atoms with Gasteiger partial charge in [0, 0.05) is 26.1 Å². The Morgan fingerprint density at radius 3 is 2.71 bits per heavy atom. The Bertz CT molecular complexity index is 306. The minimum absolute atomic E-state index is 0.238. The maximum atomic E-state index is 12.0. The lowest BCUT2D eigenvalue weighted by atomic mass is 9.99. The Hall–Kier alpha value is -1.06. The third-order valence-electron chi connectivity index (χ3n) is 3.65. The van der Waals surface area contributed by atoms with Crippen LogP contribution in [0.15, 0.2) is 4.99 Å². The van der Waals surface area contributed by atoms with E-state index in [1.54, 1.807) is 0 Å². The van der Waals surface area contributed by atoms with Gasteiger partial charge in [0.15, 0.2) is 0 Å². The molecule has 2 rings (SSSR count). The maximum absolute atomic E-state index is 12.0. The number of hydrogen-bond donors (Lipinski definition) is 0. The van der Waals surface area contributed by atoms with Crippen LogP contribution >= 0.6 is 0 Å². The molecule has 0 saturated carbocycles. The summed E-state index contributed by atoms with van der Waals surface area (Å²) in [5.41, 5.74) is 0. The number of aliphatic imine (C=N–C) groups is 1. The highest BCUT2D eigenvalue weighted by atomic mass is 16.2. The molecular formula is C13H23N3O. The standard InChI is InChI=1S/C13H23N3O/c1-3-4-12(17)16-10-7-14-13(16)15-8-5-11(2)6-9-15/h11H,3-10H2,1-2H3. The smallest absolute Gasteiger partial charge is 0.229 e. The van der Waals surface area contributed by atoms with Crippen molar-refractivity contribution in [2.24, 2.45) is 10.9 Å². The van der Waals surface area contributed by atoms with Crippen molar-refractivity contribution in [1.29, 1.82) is 0 Å². The molecule has 4 nitrogen and oxygen atoms in total. The zero-order valence-corrected chi connectivity index (χ0v) is 11.0. The summed E-state index contributed by atoms with van der Waals surface area (Å²) in [5.74, 6) is 1.99. The zero-order valence-electron chi connectivity index (χ0n) is 11.0. The van der Waals surface area contributed by atoms with E-state index >= 15 is 0 Å². The first-order chi connectivity index (χ1) is 8.22. The Morgan fingerprint density at radius 1 is 1.35 bits per heavy atom. The van der Waals surface area contributed by atoms with E-state index in [-0.39, 0.29) is 5.91 Å². The van der Waals surface area contributed by atoms with E-state index in [4.69, 9.17) is 0 Å². The first-order valence-electron chi connectivity index (χ1n) is 6.82. The van der Waals surface area contributed by atoms with Crippen LogP contribution in [0.5, 0.6) is 0 Å². The molecule has 2 aliphatic heterocycles. The minimum atomic E-state index is 0.238. The van der Waals surface area contributed by atoms with Gasteiger partial charge in [-0.15, -0.1) is 0 Å². The molecule has 1 saturated heterocycles. The number of amides is 1. The number of likely N-dealkylation sites (tertiary alicyclic amines) is 1. The molecule has 17 heavy (non-hydrogen) atoms. The summed E-state index contributed by atoms with van der Waals surface area (Å²) in [4.78, 5) is 20.7. The van der Waals surface area contributed by atoms with Crippen LogP contribution in [0, 0.1) is 5.92 Å². The number of hydrogen-bond acceptors (Lipinski definition) is 3. The van der Waals surface area contributed by atoms with Gasteiger partial charge in [-0.2, -0.15) is 0 Å². The average molecular weight is 237 g/mol. The molecule has 2 heterocycles. The van der Waals surface area contributed by atoms with Gasteiger partial charge < -0.3 is 4.90 Å². The van der Waals surface area contributed by atoms with Crippen LogP contribution in [0.2, 0.25) is 0 Å². The lowest BCUT2D eigenvalue weighted by molar-refractivity contribution is -0.127. The number of piperidine rings is 1. The second kappa shape index (κ2) is 5.52. The lowest BCUT2D eigenvalue weighted by Crippen LogP contribution is -2.47. The molecule has 0 aliphatic carbocycles. The molecule has 1 fully saturated rings. The van der Waals surface area contributed by atoms with E-state index in [0.717, 1.165) is 44.5 Å². The summed E-state index contributed by atoms with van der Waals surface area (Å²) < 4.78 is 0. The Labute approximate surface area is 104 Å². The van der Waals surface area contributed by atoms with Crippen molar-refractivity contribution < 1.29 is 4.79 Å². The third kappa shape index (κ3) is 2.79. The van der Waals surface area contributed by atoms with Crippen LogP contribution in [0.1, 0.15) is 39.5 Å². The highest BCUT2D eigenvalue weighted by Crippen LogP contribution is 2.19. The Balaban J connectivity index is 1.97. The fraction of sp³-hybridized carbons (Fsp3) is 0.846. The van der Waals surface area contributed by atoms with Crippen molar-refractivity contribution in [3.05, 3.63) is 0 Å². The van der Waals surface area contributed by atoms with E-state index in [1.807, 2.05) is 11.8 Å². The number of rotatable bonds is 2. The van der Waals surface area contributed by atoms with Crippen LogP contribution in [0.25, 0.3) is 0 Å². The van der Waals surface area contributed by atoms with Crippen molar-refractivity contribution in [2.75, 3.05) is 26.2 Å². The molecule has 4 heteroatoms. The van der Waals surface area contributed by atoms with Gasteiger partial charge in [0.1, 0.15) is 0 Å². The van der Waals surface area contributed by atoms with Crippen LogP contribution in [-0.2, 0) is 4.79 Å². The molecule has 0 N–H and O–H groups in total. The van der Waals surface area contributed by atoms with Gasteiger partial charge in [-0.25, -0.2) is 0 Å². The summed E-state index contributed by atoms with van der Waals surface area (Å²) in [5, 5.41) is 0.